The fourth-order valence-corrected chi connectivity index (χ4v) is 2.96. The molecule has 0 fully saturated rings. The number of anilines is 1. The molecular formula is C21H20N2O6. The van der Waals surface area contributed by atoms with Crippen molar-refractivity contribution in [2.75, 3.05) is 32.2 Å². The first kappa shape index (κ1) is 20.2. The van der Waals surface area contributed by atoms with Crippen LogP contribution < -0.4 is 5.32 Å². The van der Waals surface area contributed by atoms with Crippen LogP contribution >= 0.6 is 0 Å². The van der Waals surface area contributed by atoms with Crippen LogP contribution in [-0.2, 0) is 9.47 Å². The number of benzene rings is 2. The highest BCUT2D eigenvalue weighted by atomic mass is 16.5. The molecule has 0 unspecified atom stereocenters. The van der Waals surface area contributed by atoms with Crippen LogP contribution in [0.3, 0.4) is 0 Å². The number of ether oxygens (including phenoxy) is 2. The molecule has 0 aromatic heterocycles. The van der Waals surface area contributed by atoms with Crippen LogP contribution in [0, 0.1) is 0 Å². The summed E-state index contributed by atoms with van der Waals surface area (Å²) >= 11 is 0. The van der Waals surface area contributed by atoms with Crippen molar-refractivity contribution < 1.29 is 28.7 Å². The summed E-state index contributed by atoms with van der Waals surface area (Å²) in [5.41, 5.74) is 1.38. The number of fused-ring (bicyclic) bond motifs is 1. The van der Waals surface area contributed by atoms with Crippen LogP contribution in [0.5, 0.6) is 0 Å². The van der Waals surface area contributed by atoms with Crippen molar-refractivity contribution in [2.24, 2.45) is 0 Å². The first-order valence-electron chi connectivity index (χ1n) is 9.04. The molecule has 0 radical (unpaired) electrons. The van der Waals surface area contributed by atoms with Crippen molar-refractivity contribution in [2.45, 2.75) is 6.92 Å². The van der Waals surface area contributed by atoms with Gasteiger partial charge in [-0.2, -0.15) is 0 Å². The SMILES string of the molecule is CCOC(=O)c1cccc(NC(=O)c2ccc3c(c2)C(=O)N(CCOC)C3=O)c1. The number of carbonyl (C=O) groups excluding carboxylic acids is 4. The number of hydrogen-bond donors (Lipinski definition) is 1. The summed E-state index contributed by atoms with van der Waals surface area (Å²) < 4.78 is 9.87. The molecule has 0 spiro atoms. The van der Waals surface area contributed by atoms with Gasteiger partial charge in [0.1, 0.15) is 0 Å². The molecule has 8 heteroatoms. The number of nitrogens with zero attached hydrogens (tertiary/aromatic N) is 1. The van der Waals surface area contributed by atoms with Gasteiger partial charge in [-0.1, -0.05) is 6.07 Å². The van der Waals surface area contributed by atoms with Gasteiger partial charge in [-0.25, -0.2) is 4.79 Å². The topological polar surface area (TPSA) is 102 Å². The van der Waals surface area contributed by atoms with Crippen LogP contribution in [0.4, 0.5) is 5.69 Å². The fraction of sp³-hybridized carbons (Fsp3) is 0.238. The lowest BCUT2D eigenvalue weighted by Gasteiger charge is -2.12. The largest absolute Gasteiger partial charge is 0.462 e. The summed E-state index contributed by atoms with van der Waals surface area (Å²) in [6, 6.07) is 10.7. The Bertz CT molecular complexity index is 985. The molecule has 1 aliphatic heterocycles. The quantitative estimate of drug-likeness (QED) is 0.569. The molecule has 1 heterocycles. The Morgan fingerprint density at radius 2 is 1.76 bits per heavy atom. The number of amides is 3. The lowest BCUT2D eigenvalue weighted by atomic mass is 10.1. The zero-order valence-electron chi connectivity index (χ0n) is 16.1. The van der Waals surface area contributed by atoms with E-state index in [4.69, 9.17) is 9.47 Å². The van der Waals surface area contributed by atoms with Gasteiger partial charge in [-0.05, 0) is 43.3 Å². The number of methoxy groups -OCH3 is 1. The van der Waals surface area contributed by atoms with Gasteiger partial charge in [0.05, 0.1) is 36.4 Å². The molecule has 0 saturated heterocycles. The van der Waals surface area contributed by atoms with Crippen molar-refractivity contribution in [3.05, 3.63) is 64.7 Å². The lowest BCUT2D eigenvalue weighted by molar-refractivity contribution is 0.0524. The maximum atomic E-state index is 12.6. The second-order valence-corrected chi connectivity index (χ2v) is 6.27. The van der Waals surface area contributed by atoms with Gasteiger partial charge < -0.3 is 14.8 Å². The Balaban J connectivity index is 1.78. The third-order valence-electron chi connectivity index (χ3n) is 4.38. The zero-order valence-corrected chi connectivity index (χ0v) is 16.1. The summed E-state index contributed by atoms with van der Waals surface area (Å²) in [7, 11) is 1.48. The number of nitrogens with one attached hydrogen (secondary N) is 1. The second kappa shape index (κ2) is 8.66. The number of imide groups is 1. The fourth-order valence-electron chi connectivity index (χ4n) is 2.96. The minimum atomic E-state index is -0.485. The standard InChI is InChI=1S/C21H20N2O6/c1-3-29-21(27)14-5-4-6-15(11-14)22-18(24)13-7-8-16-17(12-13)20(26)23(19(16)25)9-10-28-2/h4-8,11-12H,3,9-10H2,1-2H3,(H,22,24). The summed E-state index contributed by atoms with van der Waals surface area (Å²) in [6.45, 7) is 2.33. The molecule has 0 aliphatic carbocycles. The summed E-state index contributed by atoms with van der Waals surface area (Å²) in [5, 5.41) is 2.68. The van der Waals surface area contributed by atoms with Crippen molar-refractivity contribution in [3.8, 4) is 0 Å². The van der Waals surface area contributed by atoms with Gasteiger partial charge in [-0.15, -0.1) is 0 Å². The molecule has 0 atom stereocenters. The van der Waals surface area contributed by atoms with E-state index in [1.54, 1.807) is 25.1 Å². The lowest BCUT2D eigenvalue weighted by Crippen LogP contribution is -2.32. The molecule has 150 valence electrons. The third-order valence-corrected chi connectivity index (χ3v) is 4.38. The number of carbonyl (C=O) groups is 4. The molecule has 1 aliphatic rings. The zero-order chi connectivity index (χ0) is 21.0. The normalized spacial score (nSPS) is 12.7. The third kappa shape index (κ3) is 4.17. The van der Waals surface area contributed by atoms with E-state index in [9.17, 15) is 19.2 Å². The Labute approximate surface area is 167 Å². The van der Waals surface area contributed by atoms with Gasteiger partial charge >= 0.3 is 5.97 Å². The van der Waals surface area contributed by atoms with Crippen LogP contribution in [0.2, 0.25) is 0 Å². The summed E-state index contributed by atoms with van der Waals surface area (Å²) in [4.78, 5) is 50.4. The Morgan fingerprint density at radius 1 is 1.00 bits per heavy atom. The molecule has 1 N–H and O–H groups in total. The van der Waals surface area contributed by atoms with Crippen LogP contribution in [-0.4, -0.2) is 55.5 Å². The molecule has 2 aromatic carbocycles. The monoisotopic (exact) mass is 396 g/mol. The van der Waals surface area contributed by atoms with E-state index < -0.39 is 23.7 Å². The number of esters is 1. The van der Waals surface area contributed by atoms with Crippen molar-refractivity contribution in [1.82, 2.24) is 4.90 Å². The molecule has 3 amide bonds. The molecule has 8 nitrogen and oxygen atoms in total. The van der Waals surface area contributed by atoms with Gasteiger partial charge in [0, 0.05) is 18.4 Å². The maximum Gasteiger partial charge on any atom is 0.338 e. The van der Waals surface area contributed by atoms with Crippen molar-refractivity contribution in [1.29, 1.82) is 0 Å². The van der Waals surface area contributed by atoms with E-state index >= 15 is 0 Å². The highest BCUT2D eigenvalue weighted by Crippen LogP contribution is 2.24. The van der Waals surface area contributed by atoms with E-state index in [0.29, 0.717) is 11.3 Å². The van der Waals surface area contributed by atoms with E-state index in [1.807, 2.05) is 0 Å². The molecule has 29 heavy (non-hydrogen) atoms. The highest BCUT2D eigenvalue weighted by Gasteiger charge is 2.35. The second-order valence-electron chi connectivity index (χ2n) is 6.27. The minimum absolute atomic E-state index is 0.144. The highest BCUT2D eigenvalue weighted by molar-refractivity contribution is 6.22. The van der Waals surface area contributed by atoms with Gasteiger partial charge in [0.2, 0.25) is 0 Å². The van der Waals surface area contributed by atoms with Gasteiger partial charge in [-0.3, -0.25) is 19.3 Å². The first-order valence-corrected chi connectivity index (χ1v) is 9.04. The number of rotatable bonds is 7. The average Bonchev–Trinajstić information content (AvgIpc) is 2.96. The van der Waals surface area contributed by atoms with E-state index in [1.165, 1.54) is 31.4 Å². The molecule has 0 saturated carbocycles. The van der Waals surface area contributed by atoms with E-state index in [2.05, 4.69) is 5.32 Å². The number of hydrogen-bond acceptors (Lipinski definition) is 6. The van der Waals surface area contributed by atoms with Crippen LogP contribution in [0.25, 0.3) is 0 Å². The summed E-state index contributed by atoms with van der Waals surface area (Å²) in [5.74, 6) is -1.82. The maximum absolute atomic E-state index is 12.6. The Morgan fingerprint density at radius 3 is 2.48 bits per heavy atom. The average molecular weight is 396 g/mol. The minimum Gasteiger partial charge on any atom is -0.462 e. The van der Waals surface area contributed by atoms with Crippen LogP contribution in [0.1, 0.15) is 48.4 Å². The van der Waals surface area contributed by atoms with Gasteiger partial charge in [0.25, 0.3) is 17.7 Å². The smallest absolute Gasteiger partial charge is 0.338 e. The predicted molar refractivity (Wildman–Crippen MR) is 104 cm³/mol. The molecular weight excluding hydrogens is 376 g/mol. The van der Waals surface area contributed by atoms with Crippen molar-refractivity contribution >= 4 is 29.4 Å². The Kier molecular flexibility index (Phi) is 6.04. The van der Waals surface area contributed by atoms with E-state index in [0.717, 1.165) is 4.90 Å². The molecule has 3 rings (SSSR count). The van der Waals surface area contributed by atoms with Gasteiger partial charge in [0.15, 0.2) is 0 Å². The van der Waals surface area contributed by atoms with Crippen LogP contribution in [0.15, 0.2) is 42.5 Å². The molecule has 0 bridgehead atoms. The summed E-state index contributed by atoms with van der Waals surface area (Å²) in [6.07, 6.45) is 0. The Hall–Kier alpha value is -3.52. The predicted octanol–water partition coefficient (Wildman–Crippen LogP) is 2.36. The first-order chi connectivity index (χ1) is 14.0. The molecule has 2 aromatic rings. The van der Waals surface area contributed by atoms with Crippen molar-refractivity contribution in [3.63, 3.8) is 0 Å². The van der Waals surface area contributed by atoms with E-state index in [-0.39, 0.29) is 36.4 Å².